The Labute approximate surface area is 168 Å². The van der Waals surface area contributed by atoms with Gasteiger partial charge in [0, 0.05) is 38.8 Å². The molecule has 2 aromatic rings. The molecule has 1 aliphatic heterocycles. The van der Waals surface area contributed by atoms with Gasteiger partial charge < -0.3 is 15.0 Å². The first-order valence-electron chi connectivity index (χ1n) is 10.1. The molecule has 0 aromatic heterocycles. The first-order valence-corrected chi connectivity index (χ1v) is 10.1. The summed E-state index contributed by atoms with van der Waals surface area (Å²) in [5, 5.41) is 3.37. The number of benzene rings is 2. The van der Waals surface area contributed by atoms with Crippen LogP contribution in [0.4, 0.5) is 0 Å². The number of piperazine rings is 1. The van der Waals surface area contributed by atoms with Gasteiger partial charge in [-0.1, -0.05) is 42.5 Å². The van der Waals surface area contributed by atoms with Gasteiger partial charge >= 0.3 is 0 Å². The van der Waals surface area contributed by atoms with Crippen LogP contribution in [0.3, 0.4) is 0 Å². The summed E-state index contributed by atoms with van der Waals surface area (Å²) in [7, 11) is 0. The van der Waals surface area contributed by atoms with E-state index in [1.165, 1.54) is 0 Å². The molecular formula is C23H31N3O2. The Hall–Kier alpha value is -2.37. The number of nitrogens with zero attached hydrogens (tertiary/aromatic N) is 2. The Morgan fingerprint density at radius 2 is 1.89 bits per heavy atom. The Morgan fingerprint density at radius 3 is 2.57 bits per heavy atom. The van der Waals surface area contributed by atoms with Crippen molar-refractivity contribution in [2.75, 3.05) is 32.7 Å². The van der Waals surface area contributed by atoms with E-state index in [0.29, 0.717) is 32.3 Å². The van der Waals surface area contributed by atoms with Crippen LogP contribution in [-0.2, 0) is 17.9 Å². The highest BCUT2D eigenvalue weighted by molar-refractivity contribution is 5.78. The van der Waals surface area contributed by atoms with Crippen molar-refractivity contribution in [2.24, 2.45) is 0 Å². The van der Waals surface area contributed by atoms with Crippen LogP contribution >= 0.6 is 0 Å². The molecule has 2 aromatic carbocycles. The molecule has 1 N–H and O–H groups in total. The Bertz CT molecular complexity index is 733. The first kappa shape index (κ1) is 20.4. The fraction of sp³-hybridized carbons (Fsp3) is 0.435. The topological polar surface area (TPSA) is 44.8 Å². The number of amides is 1. The average Bonchev–Trinajstić information content (AvgIpc) is 2.73. The van der Waals surface area contributed by atoms with Crippen molar-refractivity contribution in [3.63, 3.8) is 0 Å². The Morgan fingerprint density at radius 1 is 1.14 bits per heavy atom. The van der Waals surface area contributed by atoms with Crippen LogP contribution in [0.15, 0.2) is 54.6 Å². The minimum atomic E-state index is 0.195. The molecule has 150 valence electrons. The van der Waals surface area contributed by atoms with E-state index in [0.717, 1.165) is 36.5 Å². The van der Waals surface area contributed by atoms with Crippen molar-refractivity contribution in [1.82, 2.24) is 15.1 Å². The molecular weight excluding hydrogens is 350 g/mol. The number of nitrogens with one attached hydrogen (secondary N) is 1. The summed E-state index contributed by atoms with van der Waals surface area (Å²) in [6.07, 6.45) is 0. The average molecular weight is 382 g/mol. The normalized spacial score (nSPS) is 17.3. The molecule has 1 atom stereocenters. The maximum absolute atomic E-state index is 12.8. The number of carbonyl (C=O) groups excluding carboxylic acids is 1. The first-order chi connectivity index (χ1) is 13.7. The molecule has 0 saturated carbocycles. The monoisotopic (exact) mass is 381 g/mol. The van der Waals surface area contributed by atoms with Gasteiger partial charge in [0.1, 0.15) is 12.4 Å². The highest BCUT2D eigenvalue weighted by Gasteiger charge is 2.22. The number of likely N-dealkylation sites (N-methyl/N-ethyl adjacent to an activating group) is 1. The maximum Gasteiger partial charge on any atom is 0.237 e. The van der Waals surface area contributed by atoms with Crippen molar-refractivity contribution >= 4 is 5.91 Å². The Balaban J connectivity index is 1.51. The van der Waals surface area contributed by atoms with Gasteiger partial charge in [-0.05, 0) is 37.1 Å². The summed E-state index contributed by atoms with van der Waals surface area (Å²) in [5.41, 5.74) is 2.27. The van der Waals surface area contributed by atoms with Crippen LogP contribution in [-0.4, -0.2) is 54.5 Å². The molecule has 1 saturated heterocycles. The van der Waals surface area contributed by atoms with Gasteiger partial charge in [-0.25, -0.2) is 0 Å². The third-order valence-electron chi connectivity index (χ3n) is 5.26. The molecule has 5 nitrogen and oxygen atoms in total. The number of hydrogen-bond donors (Lipinski definition) is 1. The third-order valence-corrected chi connectivity index (χ3v) is 5.26. The molecule has 0 unspecified atom stereocenters. The zero-order chi connectivity index (χ0) is 19.8. The zero-order valence-corrected chi connectivity index (χ0v) is 16.9. The zero-order valence-electron chi connectivity index (χ0n) is 16.9. The van der Waals surface area contributed by atoms with Gasteiger partial charge in [0.25, 0.3) is 0 Å². The quantitative estimate of drug-likeness (QED) is 0.764. The molecule has 5 heteroatoms. The molecule has 1 amide bonds. The standard InChI is InChI=1S/C23H31N3O2/c1-3-25(23(27)17-26-14-13-24-15-19(26)2)16-20-9-11-22(12-10-20)28-18-21-7-5-4-6-8-21/h4-12,19,24H,3,13-18H2,1-2H3/t19-/m0/s1. The van der Waals surface area contributed by atoms with E-state index in [-0.39, 0.29) is 5.91 Å². The van der Waals surface area contributed by atoms with Crippen molar-refractivity contribution in [3.05, 3.63) is 65.7 Å². The van der Waals surface area contributed by atoms with Crippen molar-refractivity contribution < 1.29 is 9.53 Å². The summed E-state index contributed by atoms with van der Waals surface area (Å²) in [6.45, 7) is 9.44. The molecule has 1 aliphatic rings. The van der Waals surface area contributed by atoms with E-state index in [2.05, 4.69) is 29.3 Å². The second kappa shape index (κ2) is 10.2. The fourth-order valence-corrected chi connectivity index (χ4v) is 3.42. The maximum atomic E-state index is 12.8. The Kier molecular flexibility index (Phi) is 7.46. The predicted molar refractivity (Wildman–Crippen MR) is 112 cm³/mol. The van der Waals surface area contributed by atoms with Gasteiger partial charge in [-0.3, -0.25) is 9.69 Å². The van der Waals surface area contributed by atoms with Crippen molar-refractivity contribution in [2.45, 2.75) is 33.0 Å². The summed E-state index contributed by atoms with van der Waals surface area (Å²) in [4.78, 5) is 16.9. The van der Waals surface area contributed by atoms with Crippen LogP contribution in [0.5, 0.6) is 5.75 Å². The minimum absolute atomic E-state index is 0.195. The molecule has 1 heterocycles. The van der Waals surface area contributed by atoms with E-state index < -0.39 is 0 Å². The highest BCUT2D eigenvalue weighted by atomic mass is 16.5. The van der Waals surface area contributed by atoms with Gasteiger partial charge in [-0.15, -0.1) is 0 Å². The lowest BCUT2D eigenvalue weighted by atomic mass is 10.2. The number of ether oxygens (including phenoxy) is 1. The summed E-state index contributed by atoms with van der Waals surface area (Å²) in [6, 6.07) is 18.6. The molecule has 0 spiro atoms. The third kappa shape index (κ3) is 5.81. The van der Waals surface area contributed by atoms with Gasteiger partial charge in [0.05, 0.1) is 6.54 Å². The lowest BCUT2D eigenvalue weighted by molar-refractivity contribution is -0.133. The largest absolute Gasteiger partial charge is 0.489 e. The van der Waals surface area contributed by atoms with Gasteiger partial charge in [0.2, 0.25) is 5.91 Å². The fourth-order valence-electron chi connectivity index (χ4n) is 3.42. The van der Waals surface area contributed by atoms with Gasteiger partial charge in [0.15, 0.2) is 0 Å². The van der Waals surface area contributed by atoms with E-state index in [1.807, 2.05) is 54.3 Å². The van der Waals surface area contributed by atoms with E-state index in [4.69, 9.17) is 4.74 Å². The molecule has 0 bridgehead atoms. The second-order valence-electron chi connectivity index (χ2n) is 7.35. The van der Waals surface area contributed by atoms with E-state index in [1.54, 1.807) is 0 Å². The van der Waals surface area contributed by atoms with Crippen molar-refractivity contribution in [1.29, 1.82) is 0 Å². The molecule has 1 fully saturated rings. The van der Waals surface area contributed by atoms with Crippen LogP contribution in [0.2, 0.25) is 0 Å². The lowest BCUT2D eigenvalue weighted by Gasteiger charge is -2.34. The summed E-state index contributed by atoms with van der Waals surface area (Å²) >= 11 is 0. The summed E-state index contributed by atoms with van der Waals surface area (Å²) in [5.74, 6) is 1.04. The lowest BCUT2D eigenvalue weighted by Crippen LogP contribution is -2.53. The number of rotatable bonds is 8. The van der Waals surface area contributed by atoms with E-state index in [9.17, 15) is 4.79 Å². The van der Waals surface area contributed by atoms with Crippen LogP contribution in [0.1, 0.15) is 25.0 Å². The molecule has 3 rings (SSSR count). The van der Waals surface area contributed by atoms with Crippen LogP contribution in [0.25, 0.3) is 0 Å². The molecule has 0 aliphatic carbocycles. The van der Waals surface area contributed by atoms with Crippen LogP contribution < -0.4 is 10.1 Å². The summed E-state index contributed by atoms with van der Waals surface area (Å²) < 4.78 is 5.84. The highest BCUT2D eigenvalue weighted by Crippen LogP contribution is 2.16. The predicted octanol–water partition coefficient (Wildman–Crippen LogP) is 2.91. The number of hydrogen-bond acceptors (Lipinski definition) is 4. The minimum Gasteiger partial charge on any atom is -0.489 e. The van der Waals surface area contributed by atoms with Crippen molar-refractivity contribution in [3.8, 4) is 5.75 Å². The van der Waals surface area contributed by atoms with Gasteiger partial charge in [-0.2, -0.15) is 0 Å². The number of carbonyl (C=O) groups is 1. The van der Waals surface area contributed by atoms with E-state index >= 15 is 0 Å². The smallest absolute Gasteiger partial charge is 0.237 e. The van der Waals surface area contributed by atoms with Crippen LogP contribution in [0, 0.1) is 0 Å². The molecule has 28 heavy (non-hydrogen) atoms. The SMILES string of the molecule is CCN(Cc1ccc(OCc2ccccc2)cc1)C(=O)CN1CCNC[C@@H]1C. The second-order valence-corrected chi connectivity index (χ2v) is 7.35. The molecule has 0 radical (unpaired) electrons.